The van der Waals surface area contributed by atoms with Crippen molar-refractivity contribution in [2.75, 3.05) is 26.2 Å². The van der Waals surface area contributed by atoms with E-state index in [2.05, 4.69) is 40.4 Å². The fourth-order valence-electron chi connectivity index (χ4n) is 2.47. The Morgan fingerprint density at radius 2 is 2.14 bits per heavy atom. The lowest BCUT2D eigenvalue weighted by Crippen LogP contribution is -2.40. The van der Waals surface area contributed by atoms with Gasteiger partial charge in [-0.25, -0.2) is 4.99 Å². The van der Waals surface area contributed by atoms with Crippen molar-refractivity contribution >= 4 is 11.9 Å². The first-order valence-electron chi connectivity index (χ1n) is 7.72. The van der Waals surface area contributed by atoms with Gasteiger partial charge in [-0.05, 0) is 24.5 Å². The van der Waals surface area contributed by atoms with Crippen molar-refractivity contribution in [2.24, 2.45) is 4.99 Å². The van der Waals surface area contributed by atoms with Gasteiger partial charge in [0, 0.05) is 26.2 Å². The average Bonchev–Trinajstić information content (AvgIpc) is 2.56. The smallest absolute Gasteiger partial charge is 0.244 e. The first-order chi connectivity index (χ1) is 10.7. The molecule has 2 N–H and O–H groups in total. The zero-order valence-electron chi connectivity index (χ0n) is 13.1. The van der Waals surface area contributed by atoms with Crippen molar-refractivity contribution in [3.8, 4) is 0 Å². The molecule has 1 aromatic rings. The fraction of sp³-hybridized carbons (Fsp3) is 0.412. The summed E-state index contributed by atoms with van der Waals surface area (Å²) in [5.74, 6) is 0.707. The maximum atomic E-state index is 12.3. The minimum atomic E-state index is 0.0605. The van der Waals surface area contributed by atoms with Crippen LogP contribution < -0.4 is 10.6 Å². The van der Waals surface area contributed by atoms with E-state index in [1.54, 1.807) is 6.08 Å². The molecule has 0 radical (unpaired) electrons. The highest BCUT2D eigenvalue weighted by Gasteiger charge is 2.19. The molecule has 0 aliphatic carbocycles. The molecule has 22 heavy (non-hydrogen) atoms. The third-order valence-corrected chi connectivity index (χ3v) is 3.61. The number of fused-ring (bicyclic) bond motifs is 1. The highest BCUT2D eigenvalue weighted by Crippen LogP contribution is 2.18. The van der Waals surface area contributed by atoms with Gasteiger partial charge in [0.15, 0.2) is 5.96 Å². The lowest BCUT2D eigenvalue weighted by atomic mass is 10.00. The van der Waals surface area contributed by atoms with Crippen LogP contribution in [-0.2, 0) is 17.8 Å². The number of aliphatic imine (C=N–C) groups is 1. The molecule has 0 saturated heterocycles. The van der Waals surface area contributed by atoms with E-state index < -0.39 is 0 Å². The zero-order valence-corrected chi connectivity index (χ0v) is 13.1. The monoisotopic (exact) mass is 300 g/mol. The molecule has 5 heteroatoms. The molecule has 1 aliphatic rings. The Labute approximate surface area is 132 Å². The van der Waals surface area contributed by atoms with Gasteiger partial charge in [-0.1, -0.05) is 30.3 Å². The molecule has 0 spiro atoms. The summed E-state index contributed by atoms with van der Waals surface area (Å²) in [7, 11) is 0. The Kier molecular flexibility index (Phi) is 6.01. The SMILES string of the molecule is C=CCNC(=NCC(=O)N1CCc2ccccc2C1)NCC. The molecule has 1 aromatic carbocycles. The van der Waals surface area contributed by atoms with Crippen LogP contribution in [-0.4, -0.2) is 42.9 Å². The molecule has 1 amide bonds. The number of nitrogens with zero attached hydrogens (tertiary/aromatic N) is 2. The van der Waals surface area contributed by atoms with E-state index in [9.17, 15) is 4.79 Å². The summed E-state index contributed by atoms with van der Waals surface area (Å²) < 4.78 is 0. The molecule has 2 rings (SSSR count). The van der Waals surface area contributed by atoms with Crippen LogP contribution in [0.25, 0.3) is 0 Å². The van der Waals surface area contributed by atoms with Crippen LogP contribution in [0, 0.1) is 0 Å². The third kappa shape index (κ3) is 4.35. The second-order valence-electron chi connectivity index (χ2n) is 5.20. The van der Waals surface area contributed by atoms with E-state index in [0.717, 1.165) is 19.5 Å². The van der Waals surface area contributed by atoms with Crippen LogP contribution in [0.4, 0.5) is 0 Å². The van der Waals surface area contributed by atoms with Gasteiger partial charge in [0.2, 0.25) is 5.91 Å². The molecule has 1 aliphatic heterocycles. The van der Waals surface area contributed by atoms with Gasteiger partial charge in [0.25, 0.3) is 0 Å². The molecule has 0 saturated carbocycles. The number of amides is 1. The average molecular weight is 300 g/mol. The highest BCUT2D eigenvalue weighted by molar-refractivity contribution is 5.85. The van der Waals surface area contributed by atoms with E-state index in [1.807, 2.05) is 17.9 Å². The Morgan fingerprint density at radius 1 is 1.36 bits per heavy atom. The van der Waals surface area contributed by atoms with Crippen LogP contribution in [0.3, 0.4) is 0 Å². The van der Waals surface area contributed by atoms with Crippen molar-refractivity contribution in [3.05, 3.63) is 48.0 Å². The Bertz CT molecular complexity index is 553. The number of guanidine groups is 1. The highest BCUT2D eigenvalue weighted by atomic mass is 16.2. The van der Waals surface area contributed by atoms with E-state index in [4.69, 9.17) is 0 Å². The quantitative estimate of drug-likeness (QED) is 0.490. The summed E-state index contributed by atoms with van der Waals surface area (Å²) in [6.07, 6.45) is 2.68. The van der Waals surface area contributed by atoms with Gasteiger partial charge in [-0.15, -0.1) is 6.58 Å². The van der Waals surface area contributed by atoms with Crippen molar-refractivity contribution in [1.29, 1.82) is 0 Å². The van der Waals surface area contributed by atoms with Crippen LogP contribution in [0.2, 0.25) is 0 Å². The molecule has 1 heterocycles. The standard InChI is InChI=1S/C17H24N4O/c1-3-10-19-17(18-4-2)20-12-16(22)21-11-9-14-7-5-6-8-15(14)13-21/h3,5-8H,1,4,9-13H2,2H3,(H2,18,19,20). The zero-order chi connectivity index (χ0) is 15.8. The van der Waals surface area contributed by atoms with Gasteiger partial charge in [-0.2, -0.15) is 0 Å². The lowest BCUT2D eigenvalue weighted by Gasteiger charge is -2.28. The molecule has 0 unspecified atom stereocenters. The van der Waals surface area contributed by atoms with Crippen LogP contribution in [0.15, 0.2) is 41.9 Å². The minimum Gasteiger partial charge on any atom is -0.357 e. The molecule has 0 fully saturated rings. The van der Waals surface area contributed by atoms with Crippen molar-refractivity contribution < 1.29 is 4.79 Å². The summed E-state index contributed by atoms with van der Waals surface area (Å²) in [5.41, 5.74) is 2.58. The molecule has 118 valence electrons. The number of carbonyl (C=O) groups is 1. The second-order valence-corrected chi connectivity index (χ2v) is 5.20. The fourth-order valence-corrected chi connectivity index (χ4v) is 2.47. The second kappa shape index (κ2) is 8.22. The third-order valence-electron chi connectivity index (χ3n) is 3.61. The Hall–Kier alpha value is -2.30. The predicted octanol–water partition coefficient (Wildman–Crippen LogP) is 1.31. The van der Waals surface area contributed by atoms with E-state index in [-0.39, 0.29) is 12.5 Å². The minimum absolute atomic E-state index is 0.0605. The maximum Gasteiger partial charge on any atom is 0.244 e. The topological polar surface area (TPSA) is 56.7 Å². The largest absolute Gasteiger partial charge is 0.357 e. The van der Waals surface area contributed by atoms with Gasteiger partial charge in [0.05, 0.1) is 0 Å². The van der Waals surface area contributed by atoms with Gasteiger partial charge in [0.1, 0.15) is 6.54 Å². The van der Waals surface area contributed by atoms with E-state index in [0.29, 0.717) is 19.0 Å². The van der Waals surface area contributed by atoms with E-state index in [1.165, 1.54) is 11.1 Å². The number of carbonyl (C=O) groups excluding carboxylic acids is 1. The summed E-state index contributed by atoms with van der Waals surface area (Å²) in [5, 5.41) is 6.21. The summed E-state index contributed by atoms with van der Waals surface area (Å²) in [6.45, 7) is 8.65. The summed E-state index contributed by atoms with van der Waals surface area (Å²) in [4.78, 5) is 18.5. The number of nitrogens with one attached hydrogen (secondary N) is 2. The molecule has 5 nitrogen and oxygen atoms in total. The normalized spacial score (nSPS) is 14.2. The number of hydrogen-bond donors (Lipinski definition) is 2. The first-order valence-corrected chi connectivity index (χ1v) is 7.72. The summed E-state index contributed by atoms with van der Waals surface area (Å²) >= 11 is 0. The van der Waals surface area contributed by atoms with Crippen molar-refractivity contribution in [1.82, 2.24) is 15.5 Å². The number of rotatable bonds is 5. The predicted molar refractivity (Wildman–Crippen MR) is 89.7 cm³/mol. The van der Waals surface area contributed by atoms with Gasteiger partial charge >= 0.3 is 0 Å². The van der Waals surface area contributed by atoms with E-state index >= 15 is 0 Å². The molecular formula is C17H24N4O. The molecule has 0 aromatic heterocycles. The molecular weight excluding hydrogens is 276 g/mol. The number of hydrogen-bond acceptors (Lipinski definition) is 2. The van der Waals surface area contributed by atoms with Crippen LogP contribution in [0.5, 0.6) is 0 Å². The van der Waals surface area contributed by atoms with Gasteiger partial charge < -0.3 is 15.5 Å². The maximum absolute atomic E-state index is 12.3. The molecule has 0 atom stereocenters. The lowest BCUT2D eigenvalue weighted by molar-refractivity contribution is -0.130. The Morgan fingerprint density at radius 3 is 2.86 bits per heavy atom. The van der Waals surface area contributed by atoms with Crippen molar-refractivity contribution in [2.45, 2.75) is 19.9 Å². The Balaban J connectivity index is 1.93. The summed E-state index contributed by atoms with van der Waals surface area (Å²) in [6, 6.07) is 8.30. The molecule has 0 bridgehead atoms. The first kappa shape index (κ1) is 16.1. The van der Waals surface area contributed by atoms with Crippen molar-refractivity contribution in [3.63, 3.8) is 0 Å². The van der Waals surface area contributed by atoms with Crippen LogP contribution >= 0.6 is 0 Å². The van der Waals surface area contributed by atoms with Gasteiger partial charge in [-0.3, -0.25) is 4.79 Å². The van der Waals surface area contributed by atoms with Crippen LogP contribution in [0.1, 0.15) is 18.1 Å². The number of benzene rings is 1.